The van der Waals surface area contributed by atoms with Crippen molar-refractivity contribution in [3.8, 4) is 11.1 Å². The number of amidine groups is 1. The number of aliphatic carboxylic acids is 1. The van der Waals surface area contributed by atoms with Crippen LogP contribution in [0.15, 0.2) is 88.8 Å². The third kappa shape index (κ3) is 6.78. The summed E-state index contributed by atoms with van der Waals surface area (Å²) in [5.41, 5.74) is 4.43. The van der Waals surface area contributed by atoms with Crippen LogP contribution < -0.4 is 40.0 Å². The summed E-state index contributed by atoms with van der Waals surface area (Å²) in [6.45, 7) is 2.07. The summed E-state index contributed by atoms with van der Waals surface area (Å²) in [5.74, 6) is -1.34. The fourth-order valence-corrected chi connectivity index (χ4v) is 5.06. The summed E-state index contributed by atoms with van der Waals surface area (Å²) in [6, 6.07) is 24.3. The second-order valence-electron chi connectivity index (χ2n) is 8.43. The Hall–Kier alpha value is -2.72. The van der Waals surface area contributed by atoms with Crippen molar-refractivity contribution >= 4 is 40.6 Å². The molecular formula is C28H24N3NaO4S. The maximum Gasteiger partial charge on any atom is 1.00 e. The molecule has 0 aliphatic carbocycles. The molecule has 37 heavy (non-hydrogen) atoms. The van der Waals surface area contributed by atoms with Gasteiger partial charge in [-0.1, -0.05) is 66.7 Å². The van der Waals surface area contributed by atoms with Gasteiger partial charge in [0.05, 0.1) is 35.8 Å². The summed E-state index contributed by atoms with van der Waals surface area (Å²) in [4.78, 5) is 31.2. The Balaban J connectivity index is 0.00000320. The first-order valence-corrected chi connectivity index (χ1v) is 12.5. The Morgan fingerprint density at radius 1 is 0.973 bits per heavy atom. The summed E-state index contributed by atoms with van der Waals surface area (Å²) in [5, 5.41) is 15.1. The Labute approximate surface area is 241 Å². The minimum atomic E-state index is -1.14. The van der Waals surface area contributed by atoms with Crippen molar-refractivity contribution in [2.45, 2.75) is 6.04 Å². The number of morpholine rings is 1. The molecular weight excluding hydrogens is 497 g/mol. The van der Waals surface area contributed by atoms with Crippen LogP contribution in [0.5, 0.6) is 0 Å². The maximum atomic E-state index is 12.5. The van der Waals surface area contributed by atoms with E-state index in [9.17, 15) is 14.7 Å². The maximum absolute atomic E-state index is 12.5. The van der Waals surface area contributed by atoms with Gasteiger partial charge in [-0.25, -0.2) is 4.99 Å². The van der Waals surface area contributed by atoms with Crippen LogP contribution in [-0.2, 0) is 14.3 Å². The Morgan fingerprint density at radius 2 is 1.62 bits per heavy atom. The number of carboxylic acid groups (broad SMARTS) is 1. The fourth-order valence-electron chi connectivity index (χ4n) is 4.21. The van der Waals surface area contributed by atoms with Gasteiger partial charge < -0.3 is 20.0 Å². The summed E-state index contributed by atoms with van der Waals surface area (Å²) >= 11 is 1.27. The van der Waals surface area contributed by atoms with Gasteiger partial charge in [0.2, 0.25) is 0 Å². The minimum Gasteiger partial charge on any atom is -0.548 e. The van der Waals surface area contributed by atoms with Gasteiger partial charge in [0.1, 0.15) is 0 Å². The SMILES string of the molecule is O=C1NC(=Nc2ccc(C(C(=O)[O-])N3CCOCC3)cc2)SC1=Cc1ccc(-c2ccccc2)cc1.[Na+]. The van der Waals surface area contributed by atoms with Gasteiger partial charge in [-0.15, -0.1) is 0 Å². The molecule has 5 rings (SSSR count). The molecule has 0 bridgehead atoms. The monoisotopic (exact) mass is 521 g/mol. The van der Waals surface area contributed by atoms with E-state index in [1.807, 2.05) is 53.4 Å². The van der Waals surface area contributed by atoms with Crippen molar-refractivity contribution < 1.29 is 49.0 Å². The number of carbonyl (C=O) groups is 2. The van der Waals surface area contributed by atoms with E-state index in [-0.39, 0.29) is 35.5 Å². The van der Waals surface area contributed by atoms with E-state index in [4.69, 9.17) is 4.74 Å². The number of amides is 1. The Morgan fingerprint density at radius 3 is 2.27 bits per heavy atom. The molecule has 2 aliphatic rings. The third-order valence-corrected chi connectivity index (χ3v) is 6.95. The zero-order valence-corrected chi connectivity index (χ0v) is 23.2. The largest absolute Gasteiger partial charge is 1.00 e. The van der Waals surface area contributed by atoms with Crippen molar-refractivity contribution in [2.75, 3.05) is 26.3 Å². The van der Waals surface area contributed by atoms with E-state index in [1.54, 1.807) is 24.3 Å². The van der Waals surface area contributed by atoms with Gasteiger partial charge in [-0.3, -0.25) is 9.69 Å². The van der Waals surface area contributed by atoms with Crippen LogP contribution >= 0.6 is 11.8 Å². The Bertz CT molecular complexity index is 1310. The molecule has 7 nitrogen and oxygen atoms in total. The molecule has 1 N–H and O–H groups in total. The first kappa shape index (κ1) is 27.3. The molecule has 3 aromatic rings. The summed E-state index contributed by atoms with van der Waals surface area (Å²) in [6.07, 6.45) is 1.84. The standard InChI is InChI=1S/C28H25N3O4S.Na/c32-26-24(18-19-6-8-21(9-7-19)20-4-2-1-3-5-20)36-28(30-26)29-23-12-10-22(11-13-23)25(27(33)34)31-14-16-35-17-15-31;/h1-13,18,25H,14-17H2,(H,33,34)(H,29,30,32);/q;+1/p-1. The number of nitrogens with one attached hydrogen (secondary N) is 1. The van der Waals surface area contributed by atoms with E-state index in [0.717, 1.165) is 16.7 Å². The predicted octanol–water partition coefficient (Wildman–Crippen LogP) is 0.372. The van der Waals surface area contributed by atoms with Crippen LogP contribution in [0, 0.1) is 0 Å². The Kier molecular flexibility index (Phi) is 9.37. The van der Waals surface area contributed by atoms with Gasteiger partial charge in [0.25, 0.3) is 5.91 Å². The predicted molar refractivity (Wildman–Crippen MR) is 139 cm³/mol. The molecule has 0 saturated carbocycles. The molecule has 1 atom stereocenters. The summed E-state index contributed by atoms with van der Waals surface area (Å²) < 4.78 is 5.32. The van der Waals surface area contributed by atoms with Crippen molar-refractivity contribution in [3.05, 3.63) is 94.9 Å². The van der Waals surface area contributed by atoms with E-state index in [0.29, 0.717) is 47.6 Å². The van der Waals surface area contributed by atoms with Crippen LogP contribution in [0.1, 0.15) is 17.2 Å². The van der Waals surface area contributed by atoms with Crippen molar-refractivity contribution in [2.24, 2.45) is 4.99 Å². The van der Waals surface area contributed by atoms with Crippen LogP contribution in [0.4, 0.5) is 5.69 Å². The van der Waals surface area contributed by atoms with Gasteiger partial charge >= 0.3 is 29.6 Å². The molecule has 1 unspecified atom stereocenters. The second-order valence-corrected chi connectivity index (χ2v) is 9.46. The number of rotatable bonds is 6. The van der Waals surface area contributed by atoms with E-state index in [2.05, 4.69) is 22.4 Å². The number of aliphatic imine (C=N–C) groups is 1. The molecule has 2 aliphatic heterocycles. The van der Waals surface area contributed by atoms with Crippen molar-refractivity contribution in [3.63, 3.8) is 0 Å². The molecule has 2 heterocycles. The van der Waals surface area contributed by atoms with Gasteiger partial charge in [0, 0.05) is 13.1 Å². The minimum absolute atomic E-state index is 0. The van der Waals surface area contributed by atoms with Gasteiger partial charge in [0.15, 0.2) is 5.17 Å². The number of hydrogen-bond acceptors (Lipinski definition) is 7. The smallest absolute Gasteiger partial charge is 0.548 e. The van der Waals surface area contributed by atoms with Crippen LogP contribution in [0.25, 0.3) is 17.2 Å². The molecule has 182 valence electrons. The molecule has 0 spiro atoms. The normalized spacial score (nSPS) is 18.9. The number of ether oxygens (including phenoxy) is 1. The third-order valence-electron chi connectivity index (χ3n) is 6.04. The van der Waals surface area contributed by atoms with Crippen LogP contribution in [0.2, 0.25) is 0 Å². The molecule has 0 radical (unpaired) electrons. The van der Waals surface area contributed by atoms with Crippen LogP contribution in [0.3, 0.4) is 0 Å². The number of carboxylic acids is 1. The van der Waals surface area contributed by atoms with Crippen LogP contribution in [-0.4, -0.2) is 48.2 Å². The quantitative estimate of drug-likeness (QED) is 0.372. The zero-order chi connectivity index (χ0) is 24.9. The van der Waals surface area contributed by atoms with E-state index in [1.165, 1.54) is 11.8 Å². The second kappa shape index (κ2) is 12.7. The number of benzene rings is 3. The topological polar surface area (TPSA) is 94.1 Å². The zero-order valence-electron chi connectivity index (χ0n) is 20.4. The molecule has 3 aromatic carbocycles. The van der Waals surface area contributed by atoms with Gasteiger partial charge in [-0.2, -0.15) is 0 Å². The average Bonchev–Trinajstić information content (AvgIpc) is 3.24. The van der Waals surface area contributed by atoms with Crippen molar-refractivity contribution in [1.29, 1.82) is 0 Å². The first-order chi connectivity index (χ1) is 17.6. The molecule has 2 saturated heterocycles. The van der Waals surface area contributed by atoms with Gasteiger partial charge in [-0.05, 0) is 52.2 Å². The molecule has 1 amide bonds. The number of thioether (sulfide) groups is 1. The van der Waals surface area contributed by atoms with Crippen molar-refractivity contribution in [1.82, 2.24) is 10.2 Å². The van der Waals surface area contributed by atoms with E-state index < -0.39 is 12.0 Å². The molecule has 2 fully saturated rings. The molecule has 0 aromatic heterocycles. The molecule has 9 heteroatoms. The number of carbonyl (C=O) groups excluding carboxylic acids is 2. The summed E-state index contributed by atoms with van der Waals surface area (Å²) in [7, 11) is 0. The van der Waals surface area contributed by atoms with E-state index >= 15 is 0 Å². The number of hydrogen-bond donors (Lipinski definition) is 1. The first-order valence-electron chi connectivity index (χ1n) is 11.6. The fraction of sp³-hybridized carbons (Fsp3) is 0.179. The number of nitrogens with zero attached hydrogens (tertiary/aromatic N) is 2. The average molecular weight is 522 g/mol.